The van der Waals surface area contributed by atoms with Gasteiger partial charge >= 0.3 is 0 Å². The Morgan fingerprint density at radius 1 is 1.38 bits per heavy atom. The Hall–Kier alpha value is -0.110. The molecule has 0 aliphatic heterocycles. The van der Waals surface area contributed by atoms with Gasteiger partial charge in [0.05, 0.1) is 12.8 Å². The van der Waals surface area contributed by atoms with Gasteiger partial charge in [0.15, 0.2) is 0 Å². The molecule has 0 saturated heterocycles. The zero-order chi connectivity index (χ0) is 9.68. The van der Waals surface area contributed by atoms with E-state index in [1.54, 1.807) is 0 Å². The Bertz CT molecular complexity index is 138. The van der Waals surface area contributed by atoms with Gasteiger partial charge in [-0.25, -0.2) is 0 Å². The monoisotopic (exact) mass is 188 g/mol. The summed E-state index contributed by atoms with van der Waals surface area (Å²) in [6.07, 6.45) is 5.73. The van der Waals surface area contributed by atoms with Gasteiger partial charge in [0.2, 0.25) is 0 Å². The number of hydrogen-bond acceptors (Lipinski definition) is 1. The lowest BCUT2D eigenvalue weighted by Gasteiger charge is -2.32. The number of rotatable bonds is 4. The molecule has 1 aliphatic rings. The summed E-state index contributed by atoms with van der Waals surface area (Å²) in [7, 11) is 0. The molecule has 1 N–H and O–H groups in total. The second-order valence-electron chi connectivity index (χ2n) is 4.25. The van der Waals surface area contributed by atoms with Crippen molar-refractivity contribution in [1.29, 1.82) is 0 Å². The van der Waals surface area contributed by atoms with Crippen molar-refractivity contribution < 1.29 is 9.50 Å². The molecular weight excluding hydrogens is 167 g/mol. The Labute approximate surface area is 80.3 Å². The number of alkyl halides is 1. The number of aliphatic hydroxyl groups is 1. The van der Waals surface area contributed by atoms with Crippen molar-refractivity contribution in [2.45, 2.75) is 51.6 Å². The molecule has 0 spiro atoms. The van der Waals surface area contributed by atoms with E-state index in [4.69, 9.17) is 0 Å². The van der Waals surface area contributed by atoms with E-state index in [-0.39, 0.29) is 12.8 Å². The summed E-state index contributed by atoms with van der Waals surface area (Å²) in [6, 6.07) is 0. The summed E-state index contributed by atoms with van der Waals surface area (Å²) in [5, 5.41) is 9.69. The normalized spacial score (nSPS) is 34.8. The van der Waals surface area contributed by atoms with Crippen molar-refractivity contribution >= 4 is 0 Å². The summed E-state index contributed by atoms with van der Waals surface area (Å²) in [4.78, 5) is 0. The van der Waals surface area contributed by atoms with Gasteiger partial charge < -0.3 is 5.11 Å². The molecule has 2 heteroatoms. The van der Waals surface area contributed by atoms with Crippen LogP contribution in [0, 0.1) is 11.8 Å². The topological polar surface area (TPSA) is 20.2 Å². The zero-order valence-electron chi connectivity index (χ0n) is 8.51. The highest BCUT2D eigenvalue weighted by molar-refractivity contribution is 4.79. The molecule has 13 heavy (non-hydrogen) atoms. The Balaban J connectivity index is 2.31. The fourth-order valence-corrected chi connectivity index (χ4v) is 2.37. The van der Waals surface area contributed by atoms with E-state index in [0.29, 0.717) is 12.3 Å². The fraction of sp³-hybridized carbons (Fsp3) is 1.00. The highest BCUT2D eigenvalue weighted by Gasteiger charge is 2.27. The third-order valence-electron chi connectivity index (χ3n) is 3.34. The molecule has 1 fully saturated rings. The molecule has 0 heterocycles. The molecule has 78 valence electrons. The Morgan fingerprint density at radius 2 is 2.15 bits per heavy atom. The third kappa shape index (κ3) is 3.26. The minimum absolute atomic E-state index is 0.158. The molecule has 0 aromatic carbocycles. The van der Waals surface area contributed by atoms with Gasteiger partial charge in [0, 0.05) is 0 Å². The molecule has 0 radical (unpaired) electrons. The van der Waals surface area contributed by atoms with Crippen LogP contribution < -0.4 is 0 Å². The summed E-state index contributed by atoms with van der Waals surface area (Å²) in [5.41, 5.74) is 0. The van der Waals surface area contributed by atoms with Crippen molar-refractivity contribution in [3.8, 4) is 0 Å². The van der Waals surface area contributed by atoms with Crippen LogP contribution in [0.1, 0.15) is 45.4 Å². The fourth-order valence-electron chi connectivity index (χ4n) is 2.37. The lowest BCUT2D eigenvalue weighted by Crippen LogP contribution is -2.29. The molecule has 3 unspecified atom stereocenters. The predicted molar refractivity (Wildman–Crippen MR) is 52.3 cm³/mol. The Kier molecular flexibility index (Phi) is 4.71. The lowest BCUT2D eigenvalue weighted by molar-refractivity contribution is 0.0412. The number of halogens is 1. The minimum Gasteiger partial charge on any atom is -0.393 e. The van der Waals surface area contributed by atoms with E-state index in [2.05, 4.69) is 6.92 Å². The molecule has 1 aliphatic carbocycles. The predicted octanol–water partition coefficient (Wildman–Crippen LogP) is 2.92. The first-order chi connectivity index (χ1) is 6.27. The molecule has 1 nitrogen and oxygen atoms in total. The van der Waals surface area contributed by atoms with E-state index in [1.807, 2.05) is 0 Å². The highest BCUT2D eigenvalue weighted by atomic mass is 19.1. The van der Waals surface area contributed by atoms with Gasteiger partial charge in [-0.1, -0.05) is 13.3 Å². The van der Waals surface area contributed by atoms with Crippen molar-refractivity contribution in [2.75, 3.05) is 6.67 Å². The number of aliphatic hydroxyl groups excluding tert-OH is 1. The van der Waals surface area contributed by atoms with Gasteiger partial charge in [-0.05, 0) is 43.9 Å². The summed E-state index contributed by atoms with van der Waals surface area (Å²) < 4.78 is 12.0. The maximum absolute atomic E-state index is 12.0. The van der Waals surface area contributed by atoms with Crippen molar-refractivity contribution in [3.63, 3.8) is 0 Å². The molecule has 3 atom stereocenters. The van der Waals surface area contributed by atoms with Crippen LogP contribution in [0.3, 0.4) is 0 Å². The molecule has 1 rings (SSSR count). The molecule has 0 bridgehead atoms. The standard InChI is InChI=1S/C11H21FO/c1-2-9-5-6-11(13)10(8-9)4-3-7-12/h9-11,13H,2-8H2,1H3. The summed E-state index contributed by atoms with van der Waals surface area (Å²) >= 11 is 0. The van der Waals surface area contributed by atoms with Crippen LogP contribution in [0.15, 0.2) is 0 Å². The molecule has 0 aromatic rings. The second kappa shape index (κ2) is 5.58. The lowest BCUT2D eigenvalue weighted by atomic mass is 9.76. The summed E-state index contributed by atoms with van der Waals surface area (Å²) in [6.45, 7) is 1.97. The number of hydrogen-bond donors (Lipinski definition) is 1. The van der Waals surface area contributed by atoms with Crippen LogP contribution >= 0.6 is 0 Å². The largest absolute Gasteiger partial charge is 0.393 e. The van der Waals surface area contributed by atoms with Crippen LogP contribution in [-0.2, 0) is 0 Å². The molecular formula is C11H21FO. The minimum atomic E-state index is -0.236. The van der Waals surface area contributed by atoms with Crippen molar-refractivity contribution in [2.24, 2.45) is 11.8 Å². The van der Waals surface area contributed by atoms with Crippen LogP contribution in [0.5, 0.6) is 0 Å². The summed E-state index contributed by atoms with van der Waals surface area (Å²) in [5.74, 6) is 1.14. The Morgan fingerprint density at radius 3 is 2.77 bits per heavy atom. The van der Waals surface area contributed by atoms with Crippen LogP contribution in [0.2, 0.25) is 0 Å². The van der Waals surface area contributed by atoms with Gasteiger partial charge in [-0.2, -0.15) is 0 Å². The average molecular weight is 188 g/mol. The maximum Gasteiger partial charge on any atom is 0.0894 e. The van der Waals surface area contributed by atoms with E-state index >= 15 is 0 Å². The quantitative estimate of drug-likeness (QED) is 0.719. The van der Waals surface area contributed by atoms with E-state index in [0.717, 1.165) is 31.6 Å². The van der Waals surface area contributed by atoms with E-state index < -0.39 is 0 Å². The van der Waals surface area contributed by atoms with Crippen molar-refractivity contribution in [3.05, 3.63) is 0 Å². The smallest absolute Gasteiger partial charge is 0.0894 e. The molecule has 0 amide bonds. The van der Waals surface area contributed by atoms with Crippen LogP contribution in [0.4, 0.5) is 4.39 Å². The van der Waals surface area contributed by atoms with E-state index in [9.17, 15) is 9.50 Å². The first-order valence-electron chi connectivity index (χ1n) is 5.52. The van der Waals surface area contributed by atoms with Crippen LogP contribution in [0.25, 0.3) is 0 Å². The van der Waals surface area contributed by atoms with Gasteiger partial charge in [0.25, 0.3) is 0 Å². The highest BCUT2D eigenvalue weighted by Crippen LogP contribution is 2.33. The van der Waals surface area contributed by atoms with Crippen LogP contribution in [-0.4, -0.2) is 17.9 Å². The average Bonchev–Trinajstić information content (AvgIpc) is 2.17. The first-order valence-corrected chi connectivity index (χ1v) is 5.52. The third-order valence-corrected chi connectivity index (χ3v) is 3.34. The first kappa shape index (κ1) is 11.0. The van der Waals surface area contributed by atoms with Gasteiger partial charge in [-0.3, -0.25) is 4.39 Å². The van der Waals surface area contributed by atoms with Crippen molar-refractivity contribution in [1.82, 2.24) is 0 Å². The second-order valence-corrected chi connectivity index (χ2v) is 4.25. The van der Waals surface area contributed by atoms with Gasteiger partial charge in [-0.15, -0.1) is 0 Å². The van der Waals surface area contributed by atoms with Gasteiger partial charge in [0.1, 0.15) is 0 Å². The SMILES string of the molecule is CCC1CCC(O)C(CCCF)C1. The molecule has 0 aromatic heterocycles. The van der Waals surface area contributed by atoms with E-state index in [1.165, 1.54) is 6.42 Å². The zero-order valence-corrected chi connectivity index (χ0v) is 8.51. The maximum atomic E-state index is 12.0. The molecule has 1 saturated carbocycles.